The minimum atomic E-state index is -0.395. The van der Waals surface area contributed by atoms with Gasteiger partial charge >= 0.3 is 0 Å². The van der Waals surface area contributed by atoms with Crippen molar-refractivity contribution in [1.82, 2.24) is 9.88 Å². The van der Waals surface area contributed by atoms with Crippen LogP contribution in [0.5, 0.6) is 0 Å². The van der Waals surface area contributed by atoms with Gasteiger partial charge in [-0.3, -0.25) is 4.79 Å². The second-order valence-corrected chi connectivity index (χ2v) is 4.14. The lowest BCUT2D eigenvalue weighted by Gasteiger charge is -2.16. The highest BCUT2D eigenvalue weighted by Crippen LogP contribution is 2.04. The van der Waals surface area contributed by atoms with Crippen LogP contribution in [0, 0.1) is 0 Å². The number of carbonyl (C=O) groups is 1. The van der Waals surface area contributed by atoms with Crippen molar-refractivity contribution in [2.24, 2.45) is 0 Å². The fourth-order valence-corrected chi connectivity index (χ4v) is 1.76. The Labute approximate surface area is 96.3 Å². The van der Waals surface area contributed by atoms with Gasteiger partial charge in [0, 0.05) is 18.8 Å². The molecule has 0 aliphatic heterocycles. The molecule has 0 radical (unpaired) electrons. The first kappa shape index (κ1) is 12.8. The van der Waals surface area contributed by atoms with Gasteiger partial charge in [0.1, 0.15) is 5.69 Å². The summed E-state index contributed by atoms with van der Waals surface area (Å²) in [7, 11) is 0. The molecule has 0 aromatic carbocycles. The number of nitrogens with one attached hydrogen (secondary N) is 1. The van der Waals surface area contributed by atoms with Gasteiger partial charge in [0.25, 0.3) is 5.91 Å². The fourth-order valence-electron chi connectivity index (χ4n) is 1.76. The van der Waals surface area contributed by atoms with Crippen molar-refractivity contribution >= 4 is 5.91 Å². The van der Waals surface area contributed by atoms with E-state index in [9.17, 15) is 9.90 Å². The lowest BCUT2D eigenvalue weighted by Crippen LogP contribution is -2.35. The first-order valence-electron chi connectivity index (χ1n) is 5.68. The molecule has 0 bridgehead atoms. The number of rotatable bonds is 5. The van der Waals surface area contributed by atoms with E-state index in [0.29, 0.717) is 12.1 Å². The summed E-state index contributed by atoms with van der Waals surface area (Å²) in [5, 5.41) is 12.1. The van der Waals surface area contributed by atoms with E-state index in [4.69, 9.17) is 0 Å². The molecular weight excluding hydrogens is 204 g/mol. The Kier molecular flexibility index (Phi) is 4.55. The van der Waals surface area contributed by atoms with Crippen LogP contribution in [0.15, 0.2) is 18.3 Å². The van der Waals surface area contributed by atoms with Gasteiger partial charge in [0.05, 0.1) is 6.10 Å². The van der Waals surface area contributed by atoms with Gasteiger partial charge in [-0.05, 0) is 39.3 Å². The standard InChI is InChI=1S/C12H20N2O2/c1-4-14-7-5-6-11(14)12(16)13-9(2)8-10(3)15/h5-7,9-10,15H,4,8H2,1-3H3,(H,13,16). The topological polar surface area (TPSA) is 54.3 Å². The molecular formula is C12H20N2O2. The van der Waals surface area contributed by atoms with Crippen molar-refractivity contribution in [2.75, 3.05) is 0 Å². The van der Waals surface area contributed by atoms with Gasteiger partial charge in [-0.2, -0.15) is 0 Å². The van der Waals surface area contributed by atoms with E-state index >= 15 is 0 Å². The highest BCUT2D eigenvalue weighted by atomic mass is 16.3. The molecule has 0 saturated carbocycles. The number of amides is 1. The van der Waals surface area contributed by atoms with Crippen LogP contribution in [0.1, 0.15) is 37.7 Å². The van der Waals surface area contributed by atoms with Gasteiger partial charge in [0.2, 0.25) is 0 Å². The number of aliphatic hydroxyl groups is 1. The van der Waals surface area contributed by atoms with Crippen LogP contribution >= 0.6 is 0 Å². The molecule has 0 aliphatic carbocycles. The average Bonchev–Trinajstić information content (AvgIpc) is 2.63. The zero-order valence-electron chi connectivity index (χ0n) is 10.1. The lowest BCUT2D eigenvalue weighted by molar-refractivity contribution is 0.0914. The molecule has 1 aromatic heterocycles. The molecule has 0 spiro atoms. The summed E-state index contributed by atoms with van der Waals surface area (Å²) < 4.78 is 1.89. The second-order valence-electron chi connectivity index (χ2n) is 4.14. The highest BCUT2D eigenvalue weighted by molar-refractivity contribution is 5.92. The summed E-state index contributed by atoms with van der Waals surface area (Å²) in [5.74, 6) is -0.0833. The Morgan fingerprint density at radius 2 is 2.25 bits per heavy atom. The SMILES string of the molecule is CCn1cccc1C(=O)NC(C)CC(C)O. The number of carbonyl (C=O) groups excluding carboxylic acids is 1. The number of hydrogen-bond acceptors (Lipinski definition) is 2. The zero-order chi connectivity index (χ0) is 12.1. The van der Waals surface area contributed by atoms with Crippen LogP contribution in [0.3, 0.4) is 0 Å². The predicted octanol–water partition coefficient (Wildman–Crippen LogP) is 1.40. The van der Waals surface area contributed by atoms with Crippen LogP contribution < -0.4 is 5.32 Å². The normalized spacial score (nSPS) is 14.5. The molecule has 4 nitrogen and oxygen atoms in total. The van der Waals surface area contributed by atoms with Crippen LogP contribution in [0.2, 0.25) is 0 Å². The minimum absolute atomic E-state index is 0.0206. The molecule has 1 rings (SSSR count). The highest BCUT2D eigenvalue weighted by Gasteiger charge is 2.13. The lowest BCUT2D eigenvalue weighted by atomic mass is 10.1. The quantitative estimate of drug-likeness (QED) is 0.794. The third-order valence-corrected chi connectivity index (χ3v) is 2.48. The molecule has 1 heterocycles. The van der Waals surface area contributed by atoms with Gasteiger partial charge in [0.15, 0.2) is 0 Å². The van der Waals surface area contributed by atoms with E-state index in [2.05, 4.69) is 5.32 Å². The average molecular weight is 224 g/mol. The summed E-state index contributed by atoms with van der Waals surface area (Å²) in [6.45, 7) is 6.39. The van der Waals surface area contributed by atoms with Crippen molar-refractivity contribution in [2.45, 2.75) is 45.9 Å². The van der Waals surface area contributed by atoms with Crippen molar-refractivity contribution in [3.05, 3.63) is 24.0 Å². The van der Waals surface area contributed by atoms with Crippen LogP contribution in [0.25, 0.3) is 0 Å². The van der Waals surface area contributed by atoms with Crippen molar-refractivity contribution in [3.8, 4) is 0 Å². The van der Waals surface area contributed by atoms with Crippen LogP contribution in [-0.4, -0.2) is 27.7 Å². The van der Waals surface area contributed by atoms with Gasteiger partial charge in [-0.25, -0.2) is 0 Å². The molecule has 90 valence electrons. The number of hydrogen-bond donors (Lipinski definition) is 2. The number of aromatic nitrogens is 1. The molecule has 2 N–H and O–H groups in total. The van der Waals surface area contributed by atoms with Gasteiger partial charge < -0.3 is 15.0 Å². The molecule has 16 heavy (non-hydrogen) atoms. The maximum Gasteiger partial charge on any atom is 0.268 e. The van der Waals surface area contributed by atoms with Crippen molar-refractivity contribution < 1.29 is 9.90 Å². The van der Waals surface area contributed by atoms with E-state index in [1.807, 2.05) is 30.7 Å². The second kappa shape index (κ2) is 5.70. The summed E-state index contributed by atoms with van der Waals surface area (Å²) in [5.41, 5.74) is 0.667. The van der Waals surface area contributed by atoms with E-state index in [0.717, 1.165) is 6.54 Å². The molecule has 2 unspecified atom stereocenters. The summed E-state index contributed by atoms with van der Waals surface area (Å²) in [6.07, 6.45) is 2.06. The third kappa shape index (κ3) is 3.38. The van der Waals surface area contributed by atoms with Crippen molar-refractivity contribution in [1.29, 1.82) is 0 Å². The van der Waals surface area contributed by atoms with E-state index < -0.39 is 6.10 Å². The largest absolute Gasteiger partial charge is 0.393 e. The molecule has 0 saturated heterocycles. The first-order chi connectivity index (χ1) is 7.54. The zero-order valence-corrected chi connectivity index (χ0v) is 10.1. The third-order valence-electron chi connectivity index (χ3n) is 2.48. The number of aliphatic hydroxyl groups excluding tert-OH is 1. The maximum atomic E-state index is 11.9. The molecule has 4 heteroatoms. The molecule has 0 fully saturated rings. The summed E-state index contributed by atoms with van der Waals surface area (Å²) >= 11 is 0. The number of nitrogens with zero attached hydrogens (tertiary/aromatic N) is 1. The van der Waals surface area contributed by atoms with Gasteiger partial charge in [-0.15, -0.1) is 0 Å². The smallest absolute Gasteiger partial charge is 0.268 e. The molecule has 2 atom stereocenters. The Bertz CT molecular complexity index is 345. The first-order valence-corrected chi connectivity index (χ1v) is 5.68. The Balaban J connectivity index is 2.58. The monoisotopic (exact) mass is 224 g/mol. The van der Waals surface area contributed by atoms with Crippen LogP contribution in [-0.2, 0) is 6.54 Å². The summed E-state index contributed by atoms with van der Waals surface area (Å²) in [6, 6.07) is 3.64. The number of aryl methyl sites for hydroxylation is 1. The van der Waals surface area contributed by atoms with Gasteiger partial charge in [-0.1, -0.05) is 0 Å². The Morgan fingerprint density at radius 1 is 1.56 bits per heavy atom. The fraction of sp³-hybridized carbons (Fsp3) is 0.583. The predicted molar refractivity (Wildman–Crippen MR) is 63.3 cm³/mol. The van der Waals surface area contributed by atoms with E-state index in [1.165, 1.54) is 0 Å². The van der Waals surface area contributed by atoms with E-state index in [1.54, 1.807) is 13.0 Å². The molecule has 1 aromatic rings. The van der Waals surface area contributed by atoms with E-state index in [-0.39, 0.29) is 11.9 Å². The minimum Gasteiger partial charge on any atom is -0.393 e. The Morgan fingerprint density at radius 3 is 2.81 bits per heavy atom. The molecule has 0 aliphatic rings. The summed E-state index contributed by atoms with van der Waals surface area (Å²) in [4.78, 5) is 11.9. The Hall–Kier alpha value is -1.29. The van der Waals surface area contributed by atoms with Crippen LogP contribution in [0.4, 0.5) is 0 Å². The molecule has 1 amide bonds. The maximum absolute atomic E-state index is 11.9. The van der Waals surface area contributed by atoms with Crippen molar-refractivity contribution in [3.63, 3.8) is 0 Å².